The first-order chi connectivity index (χ1) is 13.8. The molecule has 0 atom stereocenters. The zero-order valence-electron chi connectivity index (χ0n) is 15.1. The number of thiophene rings is 1. The fourth-order valence-electron chi connectivity index (χ4n) is 3.28. The predicted molar refractivity (Wildman–Crippen MR) is 108 cm³/mol. The molecule has 1 aromatic heterocycles. The van der Waals surface area contributed by atoms with E-state index in [-0.39, 0.29) is 11.6 Å². The van der Waals surface area contributed by atoms with Crippen molar-refractivity contribution in [1.29, 1.82) is 0 Å². The fraction of sp³-hybridized carbons (Fsp3) is 0.150. The molecule has 0 saturated carbocycles. The molecule has 1 N–H and O–H groups in total. The van der Waals surface area contributed by atoms with E-state index < -0.39 is 26.6 Å². The van der Waals surface area contributed by atoms with Gasteiger partial charge in [-0.2, -0.15) is 0 Å². The van der Waals surface area contributed by atoms with Crippen LogP contribution in [0, 0.1) is 11.6 Å². The Morgan fingerprint density at radius 3 is 2.69 bits per heavy atom. The minimum Gasteiger partial charge on any atom is -0.307 e. The maximum absolute atomic E-state index is 13.9. The van der Waals surface area contributed by atoms with Gasteiger partial charge >= 0.3 is 0 Å². The summed E-state index contributed by atoms with van der Waals surface area (Å²) in [6, 6.07) is 10.6. The van der Waals surface area contributed by atoms with E-state index in [9.17, 15) is 22.0 Å². The van der Waals surface area contributed by atoms with Gasteiger partial charge < -0.3 is 4.90 Å². The van der Waals surface area contributed by atoms with Crippen molar-refractivity contribution in [2.24, 2.45) is 0 Å². The zero-order valence-corrected chi connectivity index (χ0v) is 16.7. The third-order valence-corrected chi connectivity index (χ3v) is 6.87. The number of nitrogens with one attached hydrogen (secondary N) is 1. The van der Waals surface area contributed by atoms with E-state index in [1.807, 2.05) is 5.38 Å². The molecule has 150 valence electrons. The molecule has 0 spiro atoms. The molecule has 3 aromatic rings. The number of anilines is 2. The molecule has 0 aliphatic carbocycles. The number of hydrogen-bond donors (Lipinski definition) is 1. The highest BCUT2D eigenvalue weighted by atomic mass is 32.2. The number of rotatable bonds is 4. The number of halogens is 2. The van der Waals surface area contributed by atoms with Crippen molar-refractivity contribution in [3.05, 3.63) is 76.0 Å². The van der Waals surface area contributed by atoms with Crippen LogP contribution in [0.25, 0.3) is 0 Å². The Hall–Kier alpha value is -2.78. The van der Waals surface area contributed by atoms with Crippen LogP contribution in [0.2, 0.25) is 0 Å². The molecule has 2 heterocycles. The molecular formula is C20H16F2N2O3S2. The predicted octanol–water partition coefficient (Wildman–Crippen LogP) is 4.42. The van der Waals surface area contributed by atoms with Gasteiger partial charge in [-0.15, -0.1) is 11.3 Å². The van der Waals surface area contributed by atoms with Gasteiger partial charge in [0, 0.05) is 12.2 Å². The second-order valence-electron chi connectivity index (χ2n) is 6.56. The van der Waals surface area contributed by atoms with Crippen molar-refractivity contribution in [2.75, 3.05) is 16.2 Å². The molecule has 0 radical (unpaired) electrons. The first-order valence-electron chi connectivity index (χ1n) is 8.81. The number of carbonyl (C=O) groups excluding carboxylic acids is 1. The lowest BCUT2D eigenvalue weighted by molar-refractivity contribution is 0.0989. The lowest BCUT2D eigenvalue weighted by Crippen LogP contribution is -2.35. The van der Waals surface area contributed by atoms with Crippen molar-refractivity contribution in [3.63, 3.8) is 0 Å². The number of benzene rings is 2. The maximum atomic E-state index is 13.9. The first-order valence-corrected chi connectivity index (χ1v) is 11.2. The van der Waals surface area contributed by atoms with Crippen molar-refractivity contribution < 1.29 is 22.0 Å². The van der Waals surface area contributed by atoms with Crippen LogP contribution in [0.5, 0.6) is 0 Å². The smallest absolute Gasteiger partial charge is 0.268 e. The molecule has 0 fully saturated rings. The van der Waals surface area contributed by atoms with Crippen molar-refractivity contribution in [1.82, 2.24) is 0 Å². The Morgan fingerprint density at radius 1 is 1.10 bits per heavy atom. The molecule has 0 saturated heterocycles. The summed E-state index contributed by atoms with van der Waals surface area (Å²) < 4.78 is 54.7. The highest BCUT2D eigenvalue weighted by molar-refractivity contribution is 7.92. The lowest BCUT2D eigenvalue weighted by atomic mass is 10.0. The Morgan fingerprint density at radius 2 is 1.93 bits per heavy atom. The van der Waals surface area contributed by atoms with Crippen LogP contribution in [0.15, 0.2) is 58.8 Å². The molecule has 1 amide bonds. The fourth-order valence-corrected chi connectivity index (χ4v) is 5.09. The number of amides is 1. The van der Waals surface area contributed by atoms with Gasteiger partial charge in [-0.05, 0) is 60.2 Å². The Labute approximate surface area is 170 Å². The maximum Gasteiger partial charge on any atom is 0.268 e. The topological polar surface area (TPSA) is 66.5 Å². The second kappa shape index (κ2) is 7.57. The minimum absolute atomic E-state index is 0.155. The molecule has 2 aromatic carbocycles. The van der Waals surface area contributed by atoms with Crippen LogP contribution < -0.4 is 9.62 Å². The third-order valence-electron chi connectivity index (χ3n) is 4.62. The van der Waals surface area contributed by atoms with Gasteiger partial charge in [0.15, 0.2) is 0 Å². The highest BCUT2D eigenvalue weighted by Crippen LogP contribution is 2.32. The van der Waals surface area contributed by atoms with E-state index in [1.54, 1.807) is 35.2 Å². The largest absolute Gasteiger partial charge is 0.307 e. The minimum atomic E-state index is -4.34. The van der Waals surface area contributed by atoms with Crippen LogP contribution in [-0.4, -0.2) is 20.9 Å². The van der Waals surface area contributed by atoms with Gasteiger partial charge in [0.1, 0.15) is 16.5 Å². The average molecular weight is 434 g/mol. The third kappa shape index (κ3) is 3.88. The summed E-state index contributed by atoms with van der Waals surface area (Å²) in [4.78, 5) is 14.3. The van der Waals surface area contributed by atoms with Crippen LogP contribution in [-0.2, 0) is 16.4 Å². The number of sulfonamides is 1. The average Bonchev–Trinajstić information content (AvgIpc) is 3.23. The SMILES string of the molecule is O=C(c1cccs1)N1CCCc2ccc(NS(=O)(=O)c3cc(F)ccc3F)cc21. The van der Waals surface area contributed by atoms with Gasteiger partial charge in [-0.3, -0.25) is 9.52 Å². The molecule has 0 unspecified atom stereocenters. The monoisotopic (exact) mass is 434 g/mol. The standard InChI is InChI=1S/C20H16F2N2O3S2/c21-14-6-8-16(22)19(11-14)29(26,27)23-15-7-5-13-3-1-9-24(17(13)12-15)20(25)18-4-2-10-28-18/h2,4-8,10-12,23H,1,3,9H2. The van der Waals surface area contributed by atoms with Crippen LogP contribution >= 0.6 is 11.3 Å². The Kier molecular flexibility index (Phi) is 5.10. The molecule has 29 heavy (non-hydrogen) atoms. The summed E-state index contributed by atoms with van der Waals surface area (Å²) in [5.41, 5.74) is 1.69. The van der Waals surface area contributed by atoms with Crippen LogP contribution in [0.3, 0.4) is 0 Å². The highest BCUT2D eigenvalue weighted by Gasteiger charge is 2.26. The number of nitrogens with zero attached hydrogens (tertiary/aromatic N) is 1. The van der Waals surface area contributed by atoms with E-state index in [0.717, 1.165) is 30.5 Å². The summed E-state index contributed by atoms with van der Waals surface area (Å²) in [5.74, 6) is -2.06. The van der Waals surface area contributed by atoms with E-state index in [2.05, 4.69) is 4.72 Å². The summed E-state index contributed by atoms with van der Waals surface area (Å²) in [6.45, 7) is 0.512. The van der Waals surface area contributed by atoms with E-state index in [4.69, 9.17) is 0 Å². The first kappa shape index (κ1) is 19.5. The molecule has 4 rings (SSSR count). The molecule has 9 heteroatoms. The summed E-state index contributed by atoms with van der Waals surface area (Å²) >= 11 is 1.33. The number of aryl methyl sites for hydroxylation is 1. The normalized spacial score (nSPS) is 13.8. The van der Waals surface area contributed by atoms with Crippen molar-refractivity contribution >= 4 is 38.6 Å². The zero-order chi connectivity index (χ0) is 20.6. The Balaban J connectivity index is 1.68. The quantitative estimate of drug-likeness (QED) is 0.661. The molecule has 1 aliphatic heterocycles. The molecule has 1 aliphatic rings. The van der Waals surface area contributed by atoms with Gasteiger partial charge in [-0.25, -0.2) is 17.2 Å². The summed E-state index contributed by atoms with van der Waals surface area (Å²) in [7, 11) is -4.34. The number of carbonyl (C=O) groups is 1. The van der Waals surface area contributed by atoms with Gasteiger partial charge in [-0.1, -0.05) is 12.1 Å². The number of fused-ring (bicyclic) bond motifs is 1. The van der Waals surface area contributed by atoms with Gasteiger partial charge in [0.25, 0.3) is 15.9 Å². The van der Waals surface area contributed by atoms with Crippen molar-refractivity contribution in [2.45, 2.75) is 17.7 Å². The second-order valence-corrected chi connectivity index (χ2v) is 9.16. The van der Waals surface area contributed by atoms with E-state index in [1.165, 1.54) is 11.3 Å². The lowest BCUT2D eigenvalue weighted by Gasteiger charge is -2.29. The van der Waals surface area contributed by atoms with Gasteiger partial charge in [0.2, 0.25) is 0 Å². The van der Waals surface area contributed by atoms with Crippen molar-refractivity contribution in [3.8, 4) is 0 Å². The van der Waals surface area contributed by atoms with Crippen LogP contribution in [0.1, 0.15) is 21.7 Å². The van der Waals surface area contributed by atoms with Gasteiger partial charge in [0.05, 0.1) is 10.6 Å². The molecule has 0 bridgehead atoms. The molecule has 5 nitrogen and oxygen atoms in total. The summed E-state index contributed by atoms with van der Waals surface area (Å²) in [6.07, 6.45) is 1.55. The number of hydrogen-bond acceptors (Lipinski definition) is 4. The van der Waals surface area contributed by atoms with Crippen LogP contribution in [0.4, 0.5) is 20.2 Å². The Bertz CT molecular complexity index is 1180. The summed E-state index contributed by atoms with van der Waals surface area (Å²) in [5, 5.41) is 1.82. The van der Waals surface area contributed by atoms with E-state index >= 15 is 0 Å². The van der Waals surface area contributed by atoms with E-state index in [0.29, 0.717) is 23.2 Å². The molecular weight excluding hydrogens is 418 g/mol.